The van der Waals surface area contributed by atoms with Crippen molar-refractivity contribution in [3.8, 4) is 5.75 Å². The molecule has 4 atom stereocenters. The Morgan fingerprint density at radius 2 is 2.00 bits per heavy atom. The number of amides is 1. The summed E-state index contributed by atoms with van der Waals surface area (Å²) in [6.45, 7) is 1.02. The van der Waals surface area contributed by atoms with Gasteiger partial charge in [-0.25, -0.2) is 0 Å². The maximum absolute atomic E-state index is 12.5. The number of piperidine rings is 3. The molecule has 0 saturated carbocycles. The molecule has 0 radical (unpaired) electrons. The summed E-state index contributed by atoms with van der Waals surface area (Å²) in [5.41, 5.74) is 0.460. The van der Waals surface area contributed by atoms with E-state index >= 15 is 0 Å². The Morgan fingerprint density at radius 3 is 2.78 bits per heavy atom. The molecule has 2 bridgehead atoms. The van der Waals surface area contributed by atoms with Crippen molar-refractivity contribution in [3.05, 3.63) is 29.8 Å². The van der Waals surface area contributed by atoms with Gasteiger partial charge in [-0.1, -0.05) is 6.42 Å². The second kappa shape index (κ2) is 8.10. The lowest BCUT2D eigenvalue weighted by molar-refractivity contribution is -0.0498. The molecule has 3 aliphatic rings. The number of fused-ring (bicyclic) bond motifs is 4. The van der Waals surface area contributed by atoms with Crippen LogP contribution in [0.15, 0.2) is 24.3 Å². The van der Waals surface area contributed by atoms with E-state index in [1.54, 1.807) is 0 Å². The summed E-state index contributed by atoms with van der Waals surface area (Å²) in [4.78, 5) is 15.2. The van der Waals surface area contributed by atoms with Crippen LogP contribution in [0.1, 0.15) is 36.0 Å². The summed E-state index contributed by atoms with van der Waals surface area (Å²) in [6, 6.07) is 6.85. The van der Waals surface area contributed by atoms with Gasteiger partial charge in [0.1, 0.15) is 5.75 Å². The fourth-order valence-corrected chi connectivity index (χ4v) is 5.14. The van der Waals surface area contributed by atoms with Crippen molar-refractivity contribution in [1.82, 2.24) is 15.5 Å². The fourth-order valence-electron chi connectivity index (χ4n) is 5.14. The number of rotatable bonds is 5. The number of hydrogen-bond acceptors (Lipinski definition) is 4. The topological polar surface area (TPSA) is 53.6 Å². The number of nitrogens with zero attached hydrogens (tertiary/aromatic N) is 1. The number of hydrogen-bond donors (Lipinski definition) is 2. The van der Waals surface area contributed by atoms with Crippen LogP contribution in [-0.2, 0) is 0 Å². The zero-order valence-corrected chi connectivity index (χ0v) is 15.4. The number of alkyl halides is 2. The number of nitrogens with one attached hydrogen (secondary N) is 2. The second-order valence-corrected chi connectivity index (χ2v) is 7.90. The van der Waals surface area contributed by atoms with Gasteiger partial charge in [-0.3, -0.25) is 9.69 Å². The van der Waals surface area contributed by atoms with Crippen LogP contribution in [0.4, 0.5) is 8.78 Å². The van der Waals surface area contributed by atoms with E-state index in [1.165, 1.54) is 49.9 Å². The van der Waals surface area contributed by atoms with Crippen LogP contribution in [0.3, 0.4) is 0 Å². The van der Waals surface area contributed by atoms with Crippen molar-refractivity contribution in [2.45, 2.75) is 44.4 Å². The highest BCUT2D eigenvalue weighted by Gasteiger charge is 2.45. The molecule has 27 heavy (non-hydrogen) atoms. The van der Waals surface area contributed by atoms with Gasteiger partial charge in [0, 0.05) is 24.2 Å². The highest BCUT2D eigenvalue weighted by Crippen LogP contribution is 2.38. The minimum Gasteiger partial charge on any atom is -0.435 e. The Labute approximate surface area is 158 Å². The maximum Gasteiger partial charge on any atom is 0.387 e. The van der Waals surface area contributed by atoms with Crippen molar-refractivity contribution in [2.75, 3.05) is 26.2 Å². The number of carbonyl (C=O) groups is 1. The molecular formula is C20H27F2N3O2. The van der Waals surface area contributed by atoms with Crippen LogP contribution < -0.4 is 15.4 Å². The van der Waals surface area contributed by atoms with Gasteiger partial charge in [-0.2, -0.15) is 8.78 Å². The van der Waals surface area contributed by atoms with E-state index in [0.29, 0.717) is 30.1 Å². The molecule has 1 amide bonds. The predicted octanol–water partition coefficient (Wildman–Crippen LogP) is 2.48. The molecule has 5 nitrogen and oxygen atoms in total. The summed E-state index contributed by atoms with van der Waals surface area (Å²) in [5, 5.41) is 6.64. The van der Waals surface area contributed by atoms with Crippen molar-refractivity contribution >= 4 is 5.91 Å². The molecule has 0 unspecified atom stereocenters. The van der Waals surface area contributed by atoms with Gasteiger partial charge in [0.05, 0.1) is 0 Å². The first kappa shape index (κ1) is 18.6. The number of benzene rings is 1. The van der Waals surface area contributed by atoms with Gasteiger partial charge >= 0.3 is 6.61 Å². The molecule has 4 rings (SSSR count). The SMILES string of the molecule is O=C(NC[C@H]1[C@@H]2CNC[C@@H](C2)[C@@H]2CCCCN21)c1ccc(OC(F)F)cc1. The van der Waals surface area contributed by atoms with Gasteiger partial charge in [-0.05, 0) is 75.0 Å². The second-order valence-electron chi connectivity index (χ2n) is 7.90. The smallest absolute Gasteiger partial charge is 0.387 e. The van der Waals surface area contributed by atoms with Crippen molar-refractivity contribution in [3.63, 3.8) is 0 Å². The zero-order valence-electron chi connectivity index (χ0n) is 15.4. The molecule has 1 aromatic rings. The molecule has 0 aromatic heterocycles. The Kier molecular flexibility index (Phi) is 5.59. The first-order valence-corrected chi connectivity index (χ1v) is 9.91. The van der Waals surface area contributed by atoms with Gasteiger partial charge < -0.3 is 15.4 Å². The van der Waals surface area contributed by atoms with Crippen LogP contribution >= 0.6 is 0 Å². The molecule has 0 aliphatic carbocycles. The molecule has 148 valence electrons. The largest absolute Gasteiger partial charge is 0.435 e. The summed E-state index contributed by atoms with van der Waals surface area (Å²) in [6.07, 6.45) is 5.04. The van der Waals surface area contributed by atoms with Crippen LogP contribution in [0.2, 0.25) is 0 Å². The molecule has 2 N–H and O–H groups in total. The Morgan fingerprint density at radius 1 is 1.22 bits per heavy atom. The number of carbonyl (C=O) groups excluding carboxylic acids is 1. The van der Waals surface area contributed by atoms with Crippen molar-refractivity contribution in [2.24, 2.45) is 11.8 Å². The number of ether oxygens (including phenoxy) is 1. The molecule has 1 aromatic carbocycles. The highest BCUT2D eigenvalue weighted by atomic mass is 19.3. The van der Waals surface area contributed by atoms with E-state index in [0.717, 1.165) is 25.6 Å². The monoisotopic (exact) mass is 379 g/mol. The van der Waals surface area contributed by atoms with E-state index in [-0.39, 0.29) is 11.7 Å². The molecule has 3 heterocycles. The van der Waals surface area contributed by atoms with Crippen molar-refractivity contribution < 1.29 is 18.3 Å². The number of halogens is 2. The summed E-state index contributed by atoms with van der Waals surface area (Å²) < 4.78 is 28.8. The third kappa shape index (κ3) is 4.09. The minimum absolute atomic E-state index is 0.0595. The summed E-state index contributed by atoms with van der Waals surface area (Å²) in [5.74, 6) is 1.20. The van der Waals surface area contributed by atoms with E-state index in [2.05, 4.69) is 20.3 Å². The Balaban J connectivity index is 1.38. The minimum atomic E-state index is -2.86. The van der Waals surface area contributed by atoms with E-state index in [9.17, 15) is 13.6 Å². The molecule has 3 saturated heterocycles. The Hall–Kier alpha value is -1.73. The lowest BCUT2D eigenvalue weighted by atomic mass is 9.73. The van der Waals surface area contributed by atoms with E-state index in [4.69, 9.17) is 0 Å². The highest BCUT2D eigenvalue weighted by molar-refractivity contribution is 5.94. The predicted molar refractivity (Wildman–Crippen MR) is 98.0 cm³/mol. The normalized spacial score (nSPS) is 30.6. The lowest BCUT2D eigenvalue weighted by Crippen LogP contribution is -2.65. The van der Waals surface area contributed by atoms with Crippen molar-refractivity contribution in [1.29, 1.82) is 0 Å². The average Bonchev–Trinajstić information content (AvgIpc) is 2.68. The standard InChI is InChI=1S/C20H27F2N3O2/c21-20(22)27-16-6-4-13(5-7-16)19(26)24-12-18-15-9-14(10-23-11-15)17-3-1-2-8-25(17)18/h4-7,14-15,17-18,20,23H,1-3,8-12H2,(H,24,26)/t14-,15+,17+,18+/m1/s1. The quantitative estimate of drug-likeness (QED) is 0.825. The zero-order chi connectivity index (χ0) is 18.8. The molecule has 3 aliphatic heterocycles. The van der Waals surface area contributed by atoms with Gasteiger partial charge in [-0.15, -0.1) is 0 Å². The van der Waals surface area contributed by atoms with Gasteiger partial charge in [0.15, 0.2) is 0 Å². The molecular weight excluding hydrogens is 352 g/mol. The third-order valence-corrected chi connectivity index (χ3v) is 6.34. The molecule has 7 heteroatoms. The third-order valence-electron chi connectivity index (χ3n) is 6.34. The van der Waals surface area contributed by atoms with Crippen LogP contribution in [0, 0.1) is 11.8 Å². The van der Waals surface area contributed by atoms with Crippen LogP contribution in [0.25, 0.3) is 0 Å². The molecule has 0 spiro atoms. The van der Waals surface area contributed by atoms with E-state index in [1.807, 2.05) is 0 Å². The fraction of sp³-hybridized carbons (Fsp3) is 0.650. The Bertz CT molecular complexity index is 655. The van der Waals surface area contributed by atoms with Gasteiger partial charge in [0.2, 0.25) is 0 Å². The van der Waals surface area contributed by atoms with Crippen LogP contribution in [-0.4, -0.2) is 55.7 Å². The maximum atomic E-state index is 12.5. The lowest BCUT2D eigenvalue weighted by Gasteiger charge is -2.55. The summed E-state index contributed by atoms with van der Waals surface area (Å²) in [7, 11) is 0. The molecule has 3 fully saturated rings. The van der Waals surface area contributed by atoms with Crippen LogP contribution in [0.5, 0.6) is 5.75 Å². The first-order chi connectivity index (χ1) is 13.1. The first-order valence-electron chi connectivity index (χ1n) is 9.91. The van der Waals surface area contributed by atoms with E-state index < -0.39 is 6.61 Å². The van der Waals surface area contributed by atoms with Gasteiger partial charge in [0.25, 0.3) is 5.91 Å². The average molecular weight is 379 g/mol. The summed E-state index contributed by atoms with van der Waals surface area (Å²) >= 11 is 0.